The van der Waals surface area contributed by atoms with Crippen molar-refractivity contribution in [1.82, 2.24) is 15.6 Å². The molecule has 0 radical (unpaired) electrons. The summed E-state index contributed by atoms with van der Waals surface area (Å²) in [5, 5.41) is 14.7. The first-order chi connectivity index (χ1) is 19.5. The highest BCUT2D eigenvalue weighted by atomic mass is 16.4. The SMILES string of the molecule is CC/C=C\C/C=C\C/C=C\C/C=C\C/C=C\C/C=C\CCC(=O)NCCCC(NC(=O)c1cccnc1)C(=O)O. The number of hydrogen-bond donors (Lipinski definition) is 3. The maximum absolute atomic E-state index is 12.1. The second kappa shape index (κ2) is 24.1. The lowest BCUT2D eigenvalue weighted by Gasteiger charge is -2.14. The summed E-state index contributed by atoms with van der Waals surface area (Å²) in [7, 11) is 0. The quantitative estimate of drug-likeness (QED) is 0.118. The van der Waals surface area contributed by atoms with Crippen molar-refractivity contribution in [3.05, 3.63) is 103 Å². The van der Waals surface area contributed by atoms with Crippen LogP contribution in [0.4, 0.5) is 0 Å². The molecule has 0 saturated heterocycles. The zero-order chi connectivity index (χ0) is 29.1. The lowest BCUT2D eigenvalue weighted by atomic mass is 10.1. The van der Waals surface area contributed by atoms with Crippen molar-refractivity contribution in [2.45, 2.75) is 77.2 Å². The van der Waals surface area contributed by atoms with Gasteiger partial charge in [-0.3, -0.25) is 14.6 Å². The van der Waals surface area contributed by atoms with E-state index >= 15 is 0 Å². The number of carbonyl (C=O) groups is 3. The van der Waals surface area contributed by atoms with E-state index in [1.807, 2.05) is 12.2 Å². The zero-order valence-corrected chi connectivity index (χ0v) is 23.7. The van der Waals surface area contributed by atoms with Gasteiger partial charge in [-0.25, -0.2) is 4.79 Å². The molecule has 1 unspecified atom stereocenters. The Morgan fingerprint density at radius 2 is 1.40 bits per heavy atom. The van der Waals surface area contributed by atoms with E-state index in [9.17, 15) is 19.5 Å². The molecule has 0 aliphatic heterocycles. The van der Waals surface area contributed by atoms with Gasteiger partial charge in [0.05, 0.1) is 5.56 Å². The van der Waals surface area contributed by atoms with Crippen LogP contribution in [0.3, 0.4) is 0 Å². The number of allylic oxidation sites excluding steroid dienone is 12. The second-order valence-corrected chi connectivity index (χ2v) is 9.05. The number of aromatic nitrogens is 1. The molecule has 1 rings (SSSR count). The van der Waals surface area contributed by atoms with Gasteiger partial charge in [-0.1, -0.05) is 79.8 Å². The van der Waals surface area contributed by atoms with Crippen LogP contribution in [-0.2, 0) is 9.59 Å². The maximum atomic E-state index is 12.1. The van der Waals surface area contributed by atoms with E-state index in [0.29, 0.717) is 31.4 Å². The summed E-state index contributed by atoms with van der Waals surface area (Å²) in [4.78, 5) is 39.5. The summed E-state index contributed by atoms with van der Waals surface area (Å²) in [6.07, 6.45) is 36.1. The average Bonchev–Trinajstić information content (AvgIpc) is 2.96. The van der Waals surface area contributed by atoms with Crippen molar-refractivity contribution in [1.29, 1.82) is 0 Å². The molecule has 0 spiro atoms. The minimum atomic E-state index is -1.11. The van der Waals surface area contributed by atoms with Crippen LogP contribution in [0.15, 0.2) is 97.4 Å². The molecule has 216 valence electrons. The highest BCUT2D eigenvalue weighted by molar-refractivity contribution is 5.96. The molecule has 0 aliphatic carbocycles. The van der Waals surface area contributed by atoms with Gasteiger partial charge in [0.25, 0.3) is 5.91 Å². The number of amides is 2. The molecular weight excluding hydrogens is 502 g/mol. The molecule has 0 fully saturated rings. The molecule has 1 heterocycles. The summed E-state index contributed by atoms with van der Waals surface area (Å²) < 4.78 is 0. The first-order valence-electron chi connectivity index (χ1n) is 14.1. The molecule has 1 aromatic heterocycles. The zero-order valence-electron chi connectivity index (χ0n) is 23.7. The third kappa shape index (κ3) is 19.1. The summed E-state index contributed by atoms with van der Waals surface area (Å²) in [5.41, 5.74) is 0.302. The van der Waals surface area contributed by atoms with E-state index in [0.717, 1.165) is 38.5 Å². The van der Waals surface area contributed by atoms with Crippen LogP contribution in [-0.4, -0.2) is 40.5 Å². The molecule has 1 aromatic rings. The number of rotatable bonds is 21. The molecule has 3 N–H and O–H groups in total. The Hall–Kier alpha value is -4.00. The fourth-order valence-electron chi connectivity index (χ4n) is 3.47. The van der Waals surface area contributed by atoms with E-state index in [2.05, 4.69) is 83.3 Å². The molecule has 0 saturated carbocycles. The fraction of sp³-hybridized carbons (Fsp3) is 0.394. The van der Waals surface area contributed by atoms with Crippen LogP contribution in [0.25, 0.3) is 0 Å². The van der Waals surface area contributed by atoms with Gasteiger partial charge in [0.15, 0.2) is 0 Å². The summed E-state index contributed by atoms with van der Waals surface area (Å²) >= 11 is 0. The number of carbonyl (C=O) groups excluding carboxylic acids is 2. The van der Waals surface area contributed by atoms with Gasteiger partial charge < -0.3 is 15.7 Å². The van der Waals surface area contributed by atoms with E-state index < -0.39 is 17.9 Å². The highest BCUT2D eigenvalue weighted by Crippen LogP contribution is 2.02. The number of nitrogens with zero attached hydrogens (tertiary/aromatic N) is 1. The van der Waals surface area contributed by atoms with E-state index in [1.54, 1.807) is 12.1 Å². The van der Waals surface area contributed by atoms with Crippen molar-refractivity contribution >= 4 is 17.8 Å². The molecule has 1 atom stereocenters. The number of carboxylic acids is 1. The normalized spacial score (nSPS) is 12.9. The van der Waals surface area contributed by atoms with Crippen molar-refractivity contribution < 1.29 is 19.5 Å². The van der Waals surface area contributed by atoms with Crippen LogP contribution < -0.4 is 10.6 Å². The Morgan fingerprint density at radius 3 is 1.90 bits per heavy atom. The second-order valence-electron chi connectivity index (χ2n) is 9.05. The van der Waals surface area contributed by atoms with Crippen LogP contribution in [0, 0.1) is 0 Å². The number of aliphatic carboxylic acids is 1. The minimum Gasteiger partial charge on any atom is -0.480 e. The van der Waals surface area contributed by atoms with Gasteiger partial charge in [0.1, 0.15) is 6.04 Å². The summed E-state index contributed by atoms with van der Waals surface area (Å²) in [6, 6.07) is 2.16. The predicted molar refractivity (Wildman–Crippen MR) is 163 cm³/mol. The Balaban J connectivity index is 2.07. The first kappa shape index (κ1) is 34.0. The Morgan fingerprint density at radius 1 is 0.850 bits per heavy atom. The standard InChI is InChI=1S/C33H45N3O4/c1-2-3-4-5-6-7-8-9-10-11-12-13-14-15-16-17-18-19-20-25-31(37)35-27-22-24-30(33(39)40)36-32(38)29-23-21-26-34-28-29/h3-4,6-7,9-10,12-13,15-16,18-19,21,23,26,28,30H,2,5,8,11,14,17,20,22,24-25,27H2,1H3,(H,35,37)(H,36,38)(H,39,40)/b4-3-,7-6-,10-9-,13-12-,16-15-,19-18-. The van der Waals surface area contributed by atoms with Crippen molar-refractivity contribution in [3.63, 3.8) is 0 Å². The minimum absolute atomic E-state index is 0.0780. The lowest BCUT2D eigenvalue weighted by molar-refractivity contribution is -0.139. The topological polar surface area (TPSA) is 108 Å². The fourth-order valence-corrected chi connectivity index (χ4v) is 3.47. The van der Waals surface area contributed by atoms with Crippen LogP contribution >= 0.6 is 0 Å². The molecule has 0 aromatic carbocycles. The summed E-state index contributed by atoms with van der Waals surface area (Å²) in [6.45, 7) is 2.50. The average molecular weight is 548 g/mol. The molecule has 7 heteroatoms. The van der Waals surface area contributed by atoms with Gasteiger partial charge >= 0.3 is 5.97 Å². The van der Waals surface area contributed by atoms with Gasteiger partial charge in [-0.05, 0) is 69.9 Å². The van der Waals surface area contributed by atoms with Gasteiger partial charge in [-0.2, -0.15) is 0 Å². The largest absolute Gasteiger partial charge is 0.480 e. The summed E-state index contributed by atoms with van der Waals surface area (Å²) in [5.74, 6) is -1.67. The van der Waals surface area contributed by atoms with Crippen molar-refractivity contribution in [3.8, 4) is 0 Å². The third-order valence-electron chi connectivity index (χ3n) is 5.65. The van der Waals surface area contributed by atoms with Crippen molar-refractivity contribution in [2.75, 3.05) is 6.54 Å². The van der Waals surface area contributed by atoms with E-state index in [4.69, 9.17) is 0 Å². The molecule has 0 aliphatic rings. The number of carboxylic acid groups (broad SMARTS) is 1. The third-order valence-corrected chi connectivity index (χ3v) is 5.65. The lowest BCUT2D eigenvalue weighted by Crippen LogP contribution is -2.41. The molecule has 40 heavy (non-hydrogen) atoms. The van der Waals surface area contributed by atoms with Crippen LogP contribution in [0.1, 0.15) is 81.5 Å². The van der Waals surface area contributed by atoms with Crippen LogP contribution in [0.5, 0.6) is 0 Å². The maximum Gasteiger partial charge on any atom is 0.326 e. The van der Waals surface area contributed by atoms with Crippen molar-refractivity contribution in [2.24, 2.45) is 0 Å². The van der Waals surface area contributed by atoms with Crippen LogP contribution in [0.2, 0.25) is 0 Å². The smallest absolute Gasteiger partial charge is 0.326 e. The van der Waals surface area contributed by atoms with E-state index in [-0.39, 0.29) is 12.3 Å². The Labute approximate surface area is 239 Å². The highest BCUT2D eigenvalue weighted by Gasteiger charge is 2.20. The van der Waals surface area contributed by atoms with Gasteiger partial charge in [0.2, 0.25) is 5.91 Å². The number of hydrogen-bond acceptors (Lipinski definition) is 4. The molecule has 2 amide bonds. The number of nitrogens with one attached hydrogen (secondary N) is 2. The monoisotopic (exact) mass is 547 g/mol. The van der Waals surface area contributed by atoms with Gasteiger partial charge in [0, 0.05) is 25.4 Å². The Bertz CT molecular complexity index is 1020. The molecule has 0 bridgehead atoms. The van der Waals surface area contributed by atoms with Gasteiger partial charge in [-0.15, -0.1) is 0 Å². The molecular formula is C33H45N3O4. The number of pyridine rings is 1. The Kier molecular flexibility index (Phi) is 20.5. The predicted octanol–water partition coefficient (Wildman–Crippen LogP) is 6.64. The molecule has 7 nitrogen and oxygen atoms in total. The first-order valence-corrected chi connectivity index (χ1v) is 14.1. The van der Waals surface area contributed by atoms with E-state index in [1.165, 1.54) is 12.4 Å².